The molecule has 2 rings (SSSR count). The normalized spacial score (nSPS) is 21.5. The van der Waals surface area contributed by atoms with Crippen LogP contribution in [0.3, 0.4) is 0 Å². The molecule has 0 radical (unpaired) electrons. The minimum atomic E-state index is -0.120. The first-order valence-corrected chi connectivity index (χ1v) is 7.50. The molecule has 0 aliphatic carbocycles. The van der Waals surface area contributed by atoms with E-state index in [-0.39, 0.29) is 11.4 Å². The zero-order valence-electron chi connectivity index (χ0n) is 13.4. The summed E-state index contributed by atoms with van der Waals surface area (Å²) < 4.78 is 10.6. The first-order chi connectivity index (χ1) is 9.98. The van der Waals surface area contributed by atoms with Gasteiger partial charge in [0.2, 0.25) is 5.91 Å². The highest BCUT2D eigenvalue weighted by Crippen LogP contribution is 2.34. The maximum Gasteiger partial charge on any atom is 0.220 e. The Morgan fingerprint density at radius 1 is 1.24 bits per heavy atom. The summed E-state index contributed by atoms with van der Waals surface area (Å²) in [6.07, 6.45) is 3.35. The lowest BCUT2D eigenvalue weighted by molar-refractivity contribution is -0.119. The third-order valence-electron chi connectivity index (χ3n) is 4.02. The number of hydrogen-bond donors (Lipinski definition) is 1. The molecule has 0 bridgehead atoms. The predicted molar refractivity (Wildman–Crippen MR) is 82.8 cm³/mol. The molecule has 21 heavy (non-hydrogen) atoms. The summed E-state index contributed by atoms with van der Waals surface area (Å²) >= 11 is 0. The van der Waals surface area contributed by atoms with Gasteiger partial charge in [0.05, 0.1) is 14.2 Å². The van der Waals surface area contributed by atoms with Gasteiger partial charge < -0.3 is 14.8 Å². The van der Waals surface area contributed by atoms with E-state index in [0.29, 0.717) is 12.3 Å². The minimum absolute atomic E-state index is 0.120. The average Bonchev–Trinajstić information content (AvgIpc) is 2.78. The summed E-state index contributed by atoms with van der Waals surface area (Å²) in [5, 5.41) is 3.20. The van der Waals surface area contributed by atoms with Crippen LogP contribution in [0, 0.1) is 5.92 Å². The van der Waals surface area contributed by atoms with E-state index in [9.17, 15) is 4.79 Å². The molecule has 4 heteroatoms. The molecule has 1 atom stereocenters. The van der Waals surface area contributed by atoms with Crippen molar-refractivity contribution in [2.45, 2.75) is 45.1 Å². The van der Waals surface area contributed by atoms with Crippen LogP contribution in [0.1, 0.15) is 38.7 Å². The van der Waals surface area contributed by atoms with Crippen molar-refractivity contribution in [3.63, 3.8) is 0 Å². The number of carbonyl (C=O) groups is 1. The highest BCUT2D eigenvalue weighted by atomic mass is 16.5. The number of amides is 1. The Kier molecular flexibility index (Phi) is 4.76. The van der Waals surface area contributed by atoms with Crippen LogP contribution in [0.25, 0.3) is 0 Å². The largest absolute Gasteiger partial charge is 0.493 e. The maximum atomic E-state index is 11.7. The van der Waals surface area contributed by atoms with E-state index in [1.54, 1.807) is 14.2 Å². The Bertz CT molecular complexity index is 513. The predicted octanol–water partition coefficient (Wildman–Crippen LogP) is 2.94. The third-order valence-corrected chi connectivity index (χ3v) is 4.02. The summed E-state index contributed by atoms with van der Waals surface area (Å²) in [4.78, 5) is 11.7. The van der Waals surface area contributed by atoms with Crippen LogP contribution in [0.2, 0.25) is 0 Å². The Labute approximate surface area is 126 Å². The molecule has 1 aromatic carbocycles. The van der Waals surface area contributed by atoms with Crippen molar-refractivity contribution in [3.05, 3.63) is 23.8 Å². The van der Waals surface area contributed by atoms with Crippen molar-refractivity contribution < 1.29 is 14.3 Å². The molecule has 1 heterocycles. The molecule has 1 N–H and O–H groups in total. The van der Waals surface area contributed by atoms with E-state index in [1.165, 1.54) is 0 Å². The summed E-state index contributed by atoms with van der Waals surface area (Å²) in [5.74, 6) is 2.17. The van der Waals surface area contributed by atoms with Gasteiger partial charge >= 0.3 is 0 Å². The van der Waals surface area contributed by atoms with Gasteiger partial charge in [-0.3, -0.25) is 4.79 Å². The van der Waals surface area contributed by atoms with Crippen molar-refractivity contribution in [2.75, 3.05) is 14.2 Å². The third kappa shape index (κ3) is 3.69. The van der Waals surface area contributed by atoms with Crippen molar-refractivity contribution in [3.8, 4) is 11.5 Å². The zero-order valence-corrected chi connectivity index (χ0v) is 13.4. The Balaban J connectivity index is 2.22. The summed E-state index contributed by atoms with van der Waals surface area (Å²) in [7, 11) is 3.28. The molecule has 1 saturated heterocycles. The van der Waals surface area contributed by atoms with E-state index in [2.05, 4.69) is 19.2 Å². The van der Waals surface area contributed by atoms with E-state index in [4.69, 9.17) is 9.47 Å². The molecule has 0 aromatic heterocycles. The Hall–Kier alpha value is -1.71. The lowest BCUT2D eigenvalue weighted by atomic mass is 9.82. The molecule has 1 aliphatic heterocycles. The average molecular weight is 291 g/mol. The van der Waals surface area contributed by atoms with Crippen molar-refractivity contribution >= 4 is 5.91 Å². The summed E-state index contributed by atoms with van der Waals surface area (Å²) in [5.41, 5.74) is 1.04. The fourth-order valence-corrected chi connectivity index (χ4v) is 3.29. The molecule has 1 aliphatic rings. The maximum absolute atomic E-state index is 11.7. The number of methoxy groups -OCH3 is 2. The van der Waals surface area contributed by atoms with Gasteiger partial charge in [0.25, 0.3) is 0 Å². The van der Waals surface area contributed by atoms with Crippen molar-refractivity contribution in [2.24, 2.45) is 5.92 Å². The quantitative estimate of drug-likeness (QED) is 0.876. The highest BCUT2D eigenvalue weighted by molar-refractivity contribution is 5.79. The number of ether oxygens (including phenoxy) is 2. The van der Waals surface area contributed by atoms with Gasteiger partial charge in [0.1, 0.15) is 0 Å². The summed E-state index contributed by atoms with van der Waals surface area (Å²) in [6.45, 7) is 4.39. The summed E-state index contributed by atoms with van der Waals surface area (Å²) in [6, 6.07) is 5.98. The zero-order chi connectivity index (χ0) is 15.5. The molecule has 0 saturated carbocycles. The lowest BCUT2D eigenvalue weighted by Crippen LogP contribution is -2.44. The van der Waals surface area contributed by atoms with Crippen molar-refractivity contribution in [1.29, 1.82) is 0 Å². The molecule has 0 spiro atoms. The first-order valence-electron chi connectivity index (χ1n) is 7.50. The standard InChI is InChI=1S/C17H25NO3/c1-12(2)10-17(8-7-16(19)18-17)11-13-5-6-14(20-3)15(9-13)21-4/h5-6,9,12H,7-8,10-11H2,1-4H3,(H,18,19). The van der Waals surface area contributed by atoms with Gasteiger partial charge in [-0.25, -0.2) is 0 Å². The molecule has 1 unspecified atom stereocenters. The molecule has 1 amide bonds. The number of benzene rings is 1. The minimum Gasteiger partial charge on any atom is -0.493 e. The Morgan fingerprint density at radius 2 is 1.95 bits per heavy atom. The van der Waals surface area contributed by atoms with Gasteiger partial charge in [0, 0.05) is 12.0 Å². The molecule has 4 nitrogen and oxygen atoms in total. The van der Waals surface area contributed by atoms with E-state index in [0.717, 1.165) is 36.3 Å². The lowest BCUT2D eigenvalue weighted by Gasteiger charge is -2.31. The van der Waals surface area contributed by atoms with Gasteiger partial charge in [0.15, 0.2) is 11.5 Å². The van der Waals surface area contributed by atoms with Crippen LogP contribution < -0.4 is 14.8 Å². The molecule has 116 valence electrons. The second kappa shape index (κ2) is 6.37. The van der Waals surface area contributed by atoms with E-state index < -0.39 is 0 Å². The second-order valence-electron chi connectivity index (χ2n) is 6.29. The van der Waals surface area contributed by atoms with Crippen LogP contribution in [0.4, 0.5) is 0 Å². The molecule has 1 fully saturated rings. The Morgan fingerprint density at radius 3 is 2.48 bits per heavy atom. The number of carbonyl (C=O) groups excluding carboxylic acids is 1. The SMILES string of the molecule is COc1ccc(CC2(CC(C)C)CCC(=O)N2)cc1OC. The number of rotatable bonds is 6. The molecule has 1 aromatic rings. The van der Waals surface area contributed by atoms with Gasteiger partial charge in [-0.2, -0.15) is 0 Å². The fourth-order valence-electron chi connectivity index (χ4n) is 3.29. The van der Waals surface area contributed by atoms with Gasteiger partial charge in [-0.1, -0.05) is 19.9 Å². The van der Waals surface area contributed by atoms with E-state index >= 15 is 0 Å². The topological polar surface area (TPSA) is 47.6 Å². The highest BCUT2D eigenvalue weighted by Gasteiger charge is 2.38. The second-order valence-corrected chi connectivity index (χ2v) is 6.29. The molecular weight excluding hydrogens is 266 g/mol. The van der Waals surface area contributed by atoms with Gasteiger partial charge in [-0.15, -0.1) is 0 Å². The van der Waals surface area contributed by atoms with Crippen molar-refractivity contribution in [1.82, 2.24) is 5.32 Å². The van der Waals surface area contributed by atoms with Crippen LogP contribution in [0.15, 0.2) is 18.2 Å². The van der Waals surface area contributed by atoms with Crippen LogP contribution >= 0.6 is 0 Å². The number of nitrogens with one attached hydrogen (secondary N) is 1. The van der Waals surface area contributed by atoms with Crippen LogP contribution in [0.5, 0.6) is 11.5 Å². The smallest absolute Gasteiger partial charge is 0.220 e. The van der Waals surface area contributed by atoms with E-state index in [1.807, 2.05) is 18.2 Å². The van der Waals surface area contributed by atoms with Crippen LogP contribution in [-0.4, -0.2) is 25.7 Å². The fraction of sp³-hybridized carbons (Fsp3) is 0.588. The molecular formula is C17H25NO3. The van der Waals surface area contributed by atoms with Gasteiger partial charge in [-0.05, 0) is 42.9 Å². The van der Waals surface area contributed by atoms with Crippen LogP contribution in [-0.2, 0) is 11.2 Å². The first kappa shape index (κ1) is 15.7. The monoisotopic (exact) mass is 291 g/mol. The number of hydrogen-bond acceptors (Lipinski definition) is 3.